The fraction of sp³-hybridized carbons (Fsp3) is 0.714. The Morgan fingerprint density at radius 2 is 1.43 bits per heavy atom. The minimum absolute atomic E-state index is 0.653. The van der Waals surface area contributed by atoms with E-state index in [1.54, 1.807) is 0 Å². The summed E-state index contributed by atoms with van der Waals surface area (Å²) < 4.78 is 0. The van der Waals surface area contributed by atoms with Crippen molar-refractivity contribution in [1.82, 2.24) is 0 Å². The molecule has 1 aliphatic rings. The largest absolute Gasteiger partial charge is 0.0528 e. The summed E-state index contributed by atoms with van der Waals surface area (Å²) in [5.41, 5.74) is 0. The van der Waals surface area contributed by atoms with Crippen LogP contribution in [0.15, 0.2) is 0 Å². The zero-order valence-corrected chi connectivity index (χ0v) is 4.69. The molecule has 0 aromatic heterocycles. The Bertz CT molecular complexity index is 49.1. The molecule has 0 aromatic rings. The van der Waals surface area contributed by atoms with Gasteiger partial charge in [-0.1, -0.05) is 19.3 Å². The molecule has 2 radical (unpaired) electrons. The monoisotopic (exact) mass is 96.1 g/mol. The summed E-state index contributed by atoms with van der Waals surface area (Å²) in [6.07, 6.45) is 3.95. The van der Waals surface area contributed by atoms with E-state index in [9.17, 15) is 0 Å². The molecule has 7 heavy (non-hydrogen) atoms. The van der Waals surface area contributed by atoms with Gasteiger partial charge in [0, 0.05) is 0 Å². The van der Waals surface area contributed by atoms with Crippen LogP contribution in [0.2, 0.25) is 0 Å². The van der Waals surface area contributed by atoms with Gasteiger partial charge in [0.1, 0.15) is 0 Å². The van der Waals surface area contributed by atoms with E-state index in [-0.39, 0.29) is 0 Å². The Hall–Kier alpha value is 0. The number of hydrogen-bond acceptors (Lipinski definition) is 0. The zero-order chi connectivity index (χ0) is 5.28. The van der Waals surface area contributed by atoms with Gasteiger partial charge >= 0.3 is 0 Å². The fourth-order valence-corrected chi connectivity index (χ4v) is 1.11. The lowest BCUT2D eigenvalue weighted by molar-refractivity contribution is 0.551. The predicted molar refractivity (Wildman–Crippen MR) is 31.5 cm³/mol. The third-order valence-corrected chi connectivity index (χ3v) is 1.82. The van der Waals surface area contributed by atoms with Gasteiger partial charge in [-0.15, -0.1) is 0 Å². The van der Waals surface area contributed by atoms with Crippen LogP contribution in [0.4, 0.5) is 0 Å². The molecule has 0 spiro atoms. The normalized spacial score (nSPS) is 42.0. The zero-order valence-electron chi connectivity index (χ0n) is 4.69. The molecule has 2 atom stereocenters. The summed E-state index contributed by atoms with van der Waals surface area (Å²) in [4.78, 5) is 0. The van der Waals surface area contributed by atoms with Crippen LogP contribution in [0, 0.1) is 25.7 Å². The average Bonchev–Trinajstić information content (AvgIpc) is 1.91. The topological polar surface area (TPSA) is 0 Å². The molecular weight excluding hydrogens is 84.1 g/mol. The van der Waals surface area contributed by atoms with E-state index < -0.39 is 0 Å². The molecule has 1 aliphatic carbocycles. The first kappa shape index (κ1) is 5.14. The van der Waals surface area contributed by atoms with E-state index in [2.05, 4.69) is 13.8 Å². The minimum atomic E-state index is 0.653. The lowest BCUT2D eigenvalue weighted by atomic mass is 10.0. The third-order valence-electron chi connectivity index (χ3n) is 1.82. The van der Waals surface area contributed by atoms with E-state index in [0.717, 1.165) is 0 Å². The molecule has 0 N–H and O–H groups in total. The molecule has 0 heteroatoms. The number of rotatable bonds is 0. The third kappa shape index (κ3) is 0.960. The van der Waals surface area contributed by atoms with E-state index in [1.807, 2.05) is 0 Å². The Morgan fingerprint density at radius 1 is 1.00 bits per heavy atom. The van der Waals surface area contributed by atoms with Crippen LogP contribution in [0.3, 0.4) is 0 Å². The maximum absolute atomic E-state index is 3.96. The highest BCUT2D eigenvalue weighted by Crippen LogP contribution is 2.29. The summed E-state index contributed by atoms with van der Waals surface area (Å²) in [6, 6.07) is 0. The second-order valence-electron chi connectivity index (χ2n) is 2.45. The van der Waals surface area contributed by atoms with Crippen LogP contribution in [-0.4, -0.2) is 0 Å². The van der Waals surface area contributed by atoms with Gasteiger partial charge in [0.2, 0.25) is 0 Å². The molecule has 0 nitrogen and oxygen atoms in total. The van der Waals surface area contributed by atoms with Crippen LogP contribution < -0.4 is 0 Å². The van der Waals surface area contributed by atoms with Crippen molar-refractivity contribution in [1.29, 1.82) is 0 Å². The number of hydrogen-bond donors (Lipinski definition) is 0. The highest BCUT2D eigenvalue weighted by Gasteiger charge is 2.17. The molecule has 0 amide bonds. The molecule has 40 valence electrons. The van der Waals surface area contributed by atoms with Crippen LogP contribution >= 0.6 is 0 Å². The van der Waals surface area contributed by atoms with Crippen LogP contribution in [0.5, 0.6) is 0 Å². The van der Waals surface area contributed by atoms with Crippen molar-refractivity contribution in [3.63, 3.8) is 0 Å². The Balaban J connectivity index is 2.33. The maximum atomic E-state index is 3.96. The SMILES string of the molecule is [CH2]C1CCCC1[CH2]. The van der Waals surface area contributed by atoms with Crippen molar-refractivity contribution in [2.75, 3.05) is 0 Å². The average molecular weight is 96.2 g/mol. The highest BCUT2D eigenvalue weighted by atomic mass is 14.2. The van der Waals surface area contributed by atoms with Crippen molar-refractivity contribution in [3.8, 4) is 0 Å². The van der Waals surface area contributed by atoms with E-state index >= 15 is 0 Å². The summed E-state index contributed by atoms with van der Waals surface area (Å²) in [5, 5.41) is 0. The van der Waals surface area contributed by atoms with Gasteiger partial charge in [0.05, 0.1) is 0 Å². The van der Waals surface area contributed by atoms with Crippen molar-refractivity contribution in [2.45, 2.75) is 19.3 Å². The first-order valence-corrected chi connectivity index (χ1v) is 2.97. The van der Waals surface area contributed by atoms with Gasteiger partial charge in [-0.3, -0.25) is 0 Å². The molecule has 2 unspecified atom stereocenters. The van der Waals surface area contributed by atoms with Crippen LogP contribution in [-0.2, 0) is 0 Å². The van der Waals surface area contributed by atoms with E-state index in [1.165, 1.54) is 19.3 Å². The van der Waals surface area contributed by atoms with Gasteiger partial charge in [-0.25, -0.2) is 0 Å². The van der Waals surface area contributed by atoms with Crippen molar-refractivity contribution < 1.29 is 0 Å². The quantitative estimate of drug-likeness (QED) is 0.433. The molecule has 1 fully saturated rings. The standard InChI is InChI=1S/C7H12/c1-6-4-3-5-7(6)2/h6-7H,1-5H2. The molecule has 0 saturated heterocycles. The van der Waals surface area contributed by atoms with Crippen molar-refractivity contribution >= 4 is 0 Å². The Labute approximate surface area is 45.9 Å². The smallest absolute Gasteiger partial charge is 0.0386 e. The first-order chi connectivity index (χ1) is 3.30. The Kier molecular flexibility index (Phi) is 1.36. The van der Waals surface area contributed by atoms with Gasteiger partial charge in [-0.05, 0) is 25.7 Å². The van der Waals surface area contributed by atoms with Crippen molar-refractivity contribution in [2.24, 2.45) is 11.8 Å². The second-order valence-corrected chi connectivity index (χ2v) is 2.45. The van der Waals surface area contributed by atoms with Gasteiger partial charge in [-0.2, -0.15) is 0 Å². The van der Waals surface area contributed by atoms with Crippen LogP contribution in [0.1, 0.15) is 19.3 Å². The summed E-state index contributed by atoms with van der Waals surface area (Å²) in [5.74, 6) is 1.31. The molecule has 1 rings (SSSR count). The van der Waals surface area contributed by atoms with Gasteiger partial charge < -0.3 is 0 Å². The summed E-state index contributed by atoms with van der Waals surface area (Å²) >= 11 is 0. The second kappa shape index (κ2) is 1.85. The molecule has 0 aliphatic heterocycles. The summed E-state index contributed by atoms with van der Waals surface area (Å²) in [6.45, 7) is 7.91. The molecule has 1 saturated carbocycles. The Morgan fingerprint density at radius 3 is 1.57 bits per heavy atom. The van der Waals surface area contributed by atoms with Gasteiger partial charge in [0.15, 0.2) is 0 Å². The molecule has 0 aromatic carbocycles. The molecular formula is C7H12. The van der Waals surface area contributed by atoms with Crippen LogP contribution in [0.25, 0.3) is 0 Å². The fourth-order valence-electron chi connectivity index (χ4n) is 1.11. The maximum Gasteiger partial charge on any atom is -0.0386 e. The van der Waals surface area contributed by atoms with Crippen molar-refractivity contribution in [3.05, 3.63) is 13.8 Å². The predicted octanol–water partition coefficient (Wildman–Crippen LogP) is 2.07. The minimum Gasteiger partial charge on any atom is -0.0528 e. The first-order valence-electron chi connectivity index (χ1n) is 2.97. The van der Waals surface area contributed by atoms with E-state index in [0.29, 0.717) is 11.8 Å². The lowest BCUT2D eigenvalue weighted by Gasteiger charge is -2.04. The summed E-state index contributed by atoms with van der Waals surface area (Å²) in [7, 11) is 0. The molecule has 0 bridgehead atoms. The van der Waals surface area contributed by atoms with Gasteiger partial charge in [0.25, 0.3) is 0 Å². The molecule has 0 heterocycles. The van der Waals surface area contributed by atoms with E-state index in [4.69, 9.17) is 0 Å². The highest BCUT2D eigenvalue weighted by molar-refractivity contribution is 4.79. The lowest BCUT2D eigenvalue weighted by Crippen LogP contribution is -1.96.